The van der Waals surface area contributed by atoms with Gasteiger partial charge in [0.2, 0.25) is 5.91 Å². The molecule has 2 amide bonds. The largest absolute Gasteiger partial charge is 0.383 e. The van der Waals surface area contributed by atoms with E-state index in [2.05, 4.69) is 10.5 Å². The summed E-state index contributed by atoms with van der Waals surface area (Å²) in [5.41, 5.74) is -0.289. The van der Waals surface area contributed by atoms with Gasteiger partial charge in [0, 0.05) is 38.8 Å². The molecule has 2 N–H and O–H groups in total. The Bertz CT molecular complexity index is 760. The highest BCUT2D eigenvalue weighted by Crippen LogP contribution is 2.27. The number of nitrogens with one attached hydrogen (secondary N) is 2. The van der Waals surface area contributed by atoms with Crippen molar-refractivity contribution in [3.63, 3.8) is 0 Å². The predicted molar refractivity (Wildman–Crippen MR) is 99.0 cm³/mol. The third kappa shape index (κ3) is 6.27. The molecule has 1 fully saturated rings. The van der Waals surface area contributed by atoms with E-state index in [1.165, 1.54) is 11.8 Å². The maximum absolute atomic E-state index is 14.6. The molecule has 1 aliphatic heterocycles. The molecule has 0 bridgehead atoms. The molecule has 1 aromatic carbocycles. The van der Waals surface area contributed by atoms with Crippen molar-refractivity contribution in [3.05, 3.63) is 28.7 Å². The number of carbonyl (C=O) groups excluding carboxylic acids is 2. The van der Waals surface area contributed by atoms with Crippen LogP contribution < -0.4 is 15.5 Å². The normalized spacial score (nSPS) is 15.5. The van der Waals surface area contributed by atoms with Crippen molar-refractivity contribution in [2.45, 2.75) is 19.4 Å². The lowest BCUT2D eigenvalue weighted by molar-refractivity contribution is -0.179. The van der Waals surface area contributed by atoms with Crippen molar-refractivity contribution in [1.82, 2.24) is 10.4 Å². The summed E-state index contributed by atoms with van der Waals surface area (Å²) in [4.78, 5) is 39.6. The monoisotopic (exact) mass is 435 g/mol. The Hall–Kier alpha value is -2.96. The highest BCUT2D eigenvalue weighted by atomic mass is 19.3. The lowest BCUT2D eigenvalue weighted by atomic mass is 10.2. The predicted octanol–water partition coefficient (Wildman–Crippen LogP) is 1.49. The lowest BCUT2D eigenvalue weighted by Crippen LogP contribution is -2.37. The van der Waals surface area contributed by atoms with Crippen LogP contribution in [0.4, 0.5) is 28.9 Å². The molecule has 13 heteroatoms. The van der Waals surface area contributed by atoms with E-state index in [1.54, 1.807) is 0 Å². The topological polar surface area (TPSA) is 103 Å². The highest BCUT2D eigenvalue weighted by Gasteiger charge is 2.23. The molecular formula is C17H21F4N5O4. The summed E-state index contributed by atoms with van der Waals surface area (Å²) in [6.45, 7) is 1.13. The second-order valence-corrected chi connectivity index (χ2v) is 6.42. The van der Waals surface area contributed by atoms with Gasteiger partial charge < -0.3 is 15.5 Å². The molecule has 0 unspecified atom stereocenters. The minimum atomic E-state index is -3.23. The fraction of sp³-hybridized carbons (Fsp3) is 0.529. The number of alkyl halides is 2. The maximum Gasteiger partial charge on any atom is 0.315 e. The van der Waals surface area contributed by atoms with Crippen LogP contribution in [0.3, 0.4) is 0 Å². The number of hydroxylamine groups is 2. The molecule has 1 saturated heterocycles. The number of anilines is 2. The van der Waals surface area contributed by atoms with Gasteiger partial charge in [-0.3, -0.25) is 14.4 Å². The maximum atomic E-state index is 14.6. The molecular weight excluding hydrogens is 414 g/mol. The Kier molecular flexibility index (Phi) is 8.33. The van der Waals surface area contributed by atoms with Crippen LogP contribution in [0.15, 0.2) is 17.3 Å². The molecule has 0 saturated carbocycles. The number of benzene rings is 1. The average Bonchev–Trinajstić information content (AvgIpc) is 2.93. The summed E-state index contributed by atoms with van der Waals surface area (Å²) < 4.78 is 53.4. The van der Waals surface area contributed by atoms with Gasteiger partial charge in [0.15, 0.2) is 11.6 Å². The smallest absolute Gasteiger partial charge is 0.315 e. The van der Waals surface area contributed by atoms with Gasteiger partial charge in [-0.1, -0.05) is 5.18 Å². The molecule has 1 atom stereocenters. The average molecular weight is 435 g/mol. The van der Waals surface area contributed by atoms with Crippen LogP contribution in [0.25, 0.3) is 0 Å². The fourth-order valence-corrected chi connectivity index (χ4v) is 2.77. The third-order valence-electron chi connectivity index (χ3n) is 4.27. The third-order valence-corrected chi connectivity index (χ3v) is 4.27. The van der Waals surface area contributed by atoms with E-state index >= 15 is 0 Å². The molecule has 0 aromatic heterocycles. The number of nitrogens with zero attached hydrogens (tertiary/aromatic N) is 3. The van der Waals surface area contributed by atoms with Crippen molar-refractivity contribution >= 4 is 23.2 Å². The number of hydrogen-bond donors (Lipinski definition) is 2. The molecule has 0 spiro atoms. The van der Waals surface area contributed by atoms with Crippen LogP contribution in [0.2, 0.25) is 0 Å². The van der Waals surface area contributed by atoms with Gasteiger partial charge in [-0.25, -0.2) is 13.8 Å². The highest BCUT2D eigenvalue weighted by molar-refractivity contribution is 5.79. The Morgan fingerprint density at radius 1 is 1.17 bits per heavy atom. The van der Waals surface area contributed by atoms with E-state index in [-0.39, 0.29) is 50.1 Å². The first-order chi connectivity index (χ1) is 14.2. The van der Waals surface area contributed by atoms with Crippen molar-refractivity contribution < 1.29 is 32.0 Å². The first kappa shape index (κ1) is 23.3. The second-order valence-electron chi connectivity index (χ2n) is 6.42. The van der Waals surface area contributed by atoms with Crippen LogP contribution >= 0.6 is 0 Å². The minimum absolute atomic E-state index is 0.000907. The molecule has 30 heavy (non-hydrogen) atoms. The van der Waals surface area contributed by atoms with Crippen LogP contribution in [0.1, 0.15) is 6.92 Å². The number of amides is 2. The summed E-state index contributed by atoms with van der Waals surface area (Å²) in [5, 5.41) is 8.23. The van der Waals surface area contributed by atoms with Gasteiger partial charge in [0.1, 0.15) is 11.7 Å². The Balaban J connectivity index is 2.01. The van der Waals surface area contributed by atoms with Crippen molar-refractivity contribution in [1.29, 1.82) is 0 Å². The van der Waals surface area contributed by atoms with Crippen LogP contribution in [0.5, 0.6) is 0 Å². The summed E-state index contributed by atoms with van der Waals surface area (Å²) >= 11 is 0. The van der Waals surface area contributed by atoms with Gasteiger partial charge in [-0.05, 0) is 12.1 Å². The minimum Gasteiger partial charge on any atom is -0.383 e. The van der Waals surface area contributed by atoms with E-state index in [1.807, 2.05) is 5.32 Å². The van der Waals surface area contributed by atoms with Gasteiger partial charge in [-0.15, -0.1) is 0 Å². The number of nitroso groups, excluding NO2 is 1. The van der Waals surface area contributed by atoms with Crippen molar-refractivity contribution in [2.24, 2.45) is 5.18 Å². The molecule has 0 aliphatic carbocycles. The van der Waals surface area contributed by atoms with E-state index in [9.17, 15) is 32.1 Å². The quantitative estimate of drug-likeness (QED) is 0.474. The van der Waals surface area contributed by atoms with Gasteiger partial charge in [0.05, 0.1) is 13.2 Å². The number of rotatable bonds is 8. The summed E-state index contributed by atoms with van der Waals surface area (Å²) in [5.74, 6) is -3.62. The van der Waals surface area contributed by atoms with Crippen LogP contribution in [-0.2, 0) is 14.4 Å². The molecule has 166 valence electrons. The number of carbonyl (C=O) groups is 2. The number of hydrogen-bond acceptors (Lipinski definition) is 7. The van der Waals surface area contributed by atoms with E-state index < -0.39 is 36.6 Å². The SMILES string of the molecule is CC(=O)N1CCN(c2c(F)cc(NC[C@H](CNC(=O)C(F)F)N=O)cc2F)CCO1. The Morgan fingerprint density at radius 3 is 2.40 bits per heavy atom. The lowest BCUT2D eigenvalue weighted by Gasteiger charge is -2.23. The molecule has 1 aromatic rings. The Morgan fingerprint density at radius 2 is 1.83 bits per heavy atom. The molecule has 9 nitrogen and oxygen atoms in total. The molecule has 1 aliphatic rings. The standard InChI is InChI=1S/C17H21F4N5O4/c1-10(27)26-3-2-25(4-5-30-26)15-13(18)6-11(7-14(15)19)22-8-12(24-29)9-23-17(28)16(20)21/h6-7,12,16,22H,2-5,8-9H2,1H3,(H,23,28)/t12-/m1/s1. The first-order valence-electron chi connectivity index (χ1n) is 9.00. The van der Waals surface area contributed by atoms with Crippen molar-refractivity contribution in [3.8, 4) is 0 Å². The van der Waals surface area contributed by atoms with E-state index in [4.69, 9.17) is 4.84 Å². The van der Waals surface area contributed by atoms with Crippen LogP contribution in [0, 0.1) is 16.5 Å². The zero-order chi connectivity index (χ0) is 22.3. The van der Waals surface area contributed by atoms with Crippen molar-refractivity contribution in [2.75, 3.05) is 49.5 Å². The Labute approximate surface area is 169 Å². The van der Waals surface area contributed by atoms with Crippen LogP contribution in [-0.4, -0.2) is 68.7 Å². The second kappa shape index (κ2) is 10.7. The zero-order valence-corrected chi connectivity index (χ0v) is 16.0. The number of halogens is 4. The van der Waals surface area contributed by atoms with Gasteiger partial charge in [0.25, 0.3) is 5.91 Å². The summed E-state index contributed by atoms with van der Waals surface area (Å²) in [6, 6.07) is 0.887. The molecule has 2 rings (SSSR count). The molecule has 1 heterocycles. The molecule has 0 radical (unpaired) electrons. The van der Waals surface area contributed by atoms with E-state index in [0.29, 0.717) is 0 Å². The summed E-state index contributed by atoms with van der Waals surface area (Å²) in [6.07, 6.45) is -3.23. The summed E-state index contributed by atoms with van der Waals surface area (Å²) in [7, 11) is 0. The first-order valence-corrected chi connectivity index (χ1v) is 9.00. The van der Waals surface area contributed by atoms with E-state index in [0.717, 1.165) is 17.2 Å². The fourth-order valence-electron chi connectivity index (χ4n) is 2.77. The zero-order valence-electron chi connectivity index (χ0n) is 16.0. The van der Waals surface area contributed by atoms with Gasteiger partial charge >= 0.3 is 6.43 Å². The van der Waals surface area contributed by atoms with Gasteiger partial charge in [-0.2, -0.15) is 13.7 Å².